The van der Waals surface area contributed by atoms with Crippen molar-refractivity contribution in [2.24, 2.45) is 0 Å². The van der Waals surface area contributed by atoms with Gasteiger partial charge in [-0.2, -0.15) is 15.8 Å². The minimum atomic E-state index is 0.451. The lowest BCUT2D eigenvalue weighted by Gasteiger charge is -2.21. The molecule has 0 aliphatic carbocycles. The highest BCUT2D eigenvalue weighted by molar-refractivity contribution is 6.13. The van der Waals surface area contributed by atoms with Crippen LogP contribution < -0.4 is 0 Å². The van der Waals surface area contributed by atoms with Crippen LogP contribution in [0.25, 0.3) is 121 Å². The van der Waals surface area contributed by atoms with Crippen LogP contribution in [0.5, 0.6) is 0 Å². The van der Waals surface area contributed by atoms with Gasteiger partial charge < -0.3 is 9.13 Å². The number of aromatic nitrogens is 5. The van der Waals surface area contributed by atoms with Crippen LogP contribution in [-0.4, -0.2) is 24.1 Å². The first-order valence-corrected chi connectivity index (χ1v) is 22.8. The van der Waals surface area contributed by atoms with Crippen molar-refractivity contribution in [1.82, 2.24) is 24.1 Å². The zero-order chi connectivity index (χ0) is 48.9. The van der Waals surface area contributed by atoms with Crippen molar-refractivity contribution in [3.05, 3.63) is 234 Å². The van der Waals surface area contributed by atoms with Crippen LogP contribution in [0.1, 0.15) is 16.7 Å². The lowest BCUT2D eigenvalue weighted by molar-refractivity contribution is 1.07. The van der Waals surface area contributed by atoms with Gasteiger partial charge in [0.25, 0.3) is 0 Å². The van der Waals surface area contributed by atoms with Gasteiger partial charge in [0.05, 0.1) is 81.5 Å². The van der Waals surface area contributed by atoms with Crippen molar-refractivity contribution in [1.29, 1.82) is 15.8 Å². The Bertz CT molecular complexity index is 4250. The molecule has 0 N–H and O–H groups in total. The van der Waals surface area contributed by atoms with E-state index in [0.29, 0.717) is 51.1 Å². The van der Waals surface area contributed by atoms with Gasteiger partial charge >= 0.3 is 0 Å². The van der Waals surface area contributed by atoms with E-state index in [1.54, 1.807) is 18.2 Å². The van der Waals surface area contributed by atoms with Crippen molar-refractivity contribution >= 4 is 55.0 Å². The molecule has 0 fully saturated rings. The molecule has 9 aromatic carbocycles. The summed E-state index contributed by atoms with van der Waals surface area (Å²) in [5.74, 6) is 1.48. The van der Waals surface area contributed by atoms with Crippen LogP contribution in [0.3, 0.4) is 0 Å². The predicted octanol–water partition coefficient (Wildman–Crippen LogP) is 15.1. The second-order valence-electron chi connectivity index (χ2n) is 17.1. The van der Waals surface area contributed by atoms with E-state index < -0.39 is 0 Å². The van der Waals surface area contributed by atoms with E-state index in [4.69, 9.17) is 28.1 Å². The molecule has 10 nitrogen and oxygen atoms in total. The largest absolute Gasteiger partial charge is 0.309 e. The smallest absolute Gasteiger partial charge is 0.188 e. The van der Waals surface area contributed by atoms with Crippen LogP contribution in [0.15, 0.2) is 194 Å². The van der Waals surface area contributed by atoms with E-state index in [-0.39, 0.29) is 0 Å². The SMILES string of the molecule is [C-]#[N+]c1ccc2c(c1)c1cc(C#N)ccc1n2-c1ccc(-c2nc(-c3ccccc3)nc(-c3ccccc3)n2)cc1-c1ccc(-c2ccccc2C#N)cc1-n1c2ccc(C#N)cc2c2cc([N+]#[C-])ccc21. The Morgan fingerprint density at radius 3 is 1.36 bits per heavy atom. The Morgan fingerprint density at radius 1 is 0.361 bits per heavy atom. The Morgan fingerprint density at radius 2 is 0.833 bits per heavy atom. The van der Waals surface area contributed by atoms with Gasteiger partial charge in [-0.3, -0.25) is 0 Å². The molecule has 0 saturated heterocycles. The number of nitrogens with zero attached hydrogens (tertiary/aromatic N) is 10. The summed E-state index contributed by atoms with van der Waals surface area (Å²) in [6.45, 7) is 15.9. The van der Waals surface area contributed by atoms with Gasteiger partial charge in [0.2, 0.25) is 0 Å². The Hall–Kier alpha value is -11.0. The second kappa shape index (κ2) is 17.3. The molecule has 0 unspecified atom stereocenters. The van der Waals surface area contributed by atoms with Crippen LogP contribution in [-0.2, 0) is 0 Å². The van der Waals surface area contributed by atoms with Crippen LogP contribution in [0.4, 0.5) is 11.4 Å². The predicted molar refractivity (Wildman–Crippen MR) is 282 cm³/mol. The molecule has 0 amide bonds. The highest BCUT2D eigenvalue weighted by atomic mass is 15.0. The maximum absolute atomic E-state index is 10.4. The van der Waals surface area contributed by atoms with E-state index in [1.807, 2.05) is 152 Å². The molecule has 0 bridgehead atoms. The molecule has 0 radical (unpaired) electrons. The van der Waals surface area contributed by atoms with Gasteiger partial charge in [-0.05, 0) is 113 Å². The molecule has 3 aromatic heterocycles. The van der Waals surface area contributed by atoms with Gasteiger partial charge in [0.15, 0.2) is 28.8 Å². The van der Waals surface area contributed by atoms with Gasteiger partial charge in [-0.15, -0.1) is 0 Å². The zero-order valence-corrected chi connectivity index (χ0v) is 37.9. The minimum absolute atomic E-state index is 0.451. The third-order valence-electron chi connectivity index (χ3n) is 13.1. The average Bonchev–Trinajstić information content (AvgIpc) is 3.96. The second-order valence-corrected chi connectivity index (χ2v) is 17.1. The Kier molecular flexibility index (Phi) is 10.2. The number of rotatable bonds is 7. The average molecular weight is 917 g/mol. The lowest BCUT2D eigenvalue weighted by atomic mass is 9.93. The normalized spacial score (nSPS) is 11.0. The first kappa shape index (κ1) is 42.4. The minimum Gasteiger partial charge on any atom is -0.309 e. The van der Waals surface area contributed by atoms with E-state index >= 15 is 0 Å². The molecule has 10 heteroatoms. The molecule has 0 aliphatic heterocycles. The molecule has 0 aliphatic rings. The van der Waals surface area contributed by atoms with Crippen LogP contribution >= 0.6 is 0 Å². The van der Waals surface area contributed by atoms with E-state index in [9.17, 15) is 15.8 Å². The zero-order valence-electron chi connectivity index (χ0n) is 37.9. The fraction of sp³-hybridized carbons (Fsp3) is 0. The summed E-state index contributed by atoms with van der Waals surface area (Å²) in [5.41, 5.74) is 12.7. The van der Waals surface area contributed by atoms with E-state index in [0.717, 1.165) is 88.4 Å². The maximum atomic E-state index is 10.4. The molecule has 12 aromatic rings. The summed E-state index contributed by atoms with van der Waals surface area (Å²) in [5, 5.41) is 33.9. The number of nitriles is 3. The standard InChI is InChI=1S/C62H32N10/c1-66-45-21-27-57-52(33-45)49-29-38(35-63)17-24-54(49)71(57)56-26-20-43(62-69-60(40-11-5-3-6-12-40)68-61(70-62)41-13-7-4-8-14-41)31-51(56)48-23-19-42(47-16-10-9-15-44(47)37-65)32-59(48)72-55-25-18-39(36-64)30-50(55)53-34-46(67-2)22-28-58(53)72/h3-34H. The molecular weight excluding hydrogens is 885 g/mol. The van der Waals surface area contributed by atoms with E-state index in [1.165, 1.54) is 0 Å². The van der Waals surface area contributed by atoms with Crippen molar-refractivity contribution in [2.75, 3.05) is 0 Å². The summed E-state index contributed by atoms with van der Waals surface area (Å²) >= 11 is 0. The molecule has 0 saturated carbocycles. The maximum Gasteiger partial charge on any atom is 0.188 e. The van der Waals surface area contributed by atoms with Crippen molar-refractivity contribution in [2.45, 2.75) is 0 Å². The lowest BCUT2D eigenvalue weighted by Crippen LogP contribution is -2.04. The third-order valence-corrected chi connectivity index (χ3v) is 13.1. The highest BCUT2D eigenvalue weighted by Gasteiger charge is 2.24. The topological polar surface area (TPSA) is 129 Å². The summed E-state index contributed by atoms with van der Waals surface area (Å²) in [4.78, 5) is 22.8. The number of fused-ring (bicyclic) bond motifs is 6. The van der Waals surface area contributed by atoms with Crippen LogP contribution in [0.2, 0.25) is 0 Å². The van der Waals surface area contributed by atoms with Crippen molar-refractivity contribution < 1.29 is 0 Å². The first-order chi connectivity index (χ1) is 35.4. The number of hydrogen-bond donors (Lipinski definition) is 0. The molecular formula is C62H32N10. The molecule has 0 spiro atoms. The summed E-state index contributed by atoms with van der Waals surface area (Å²) in [7, 11) is 0. The third kappa shape index (κ3) is 7.04. The number of benzene rings is 9. The molecule has 330 valence electrons. The van der Waals surface area contributed by atoms with Gasteiger partial charge in [0.1, 0.15) is 0 Å². The van der Waals surface area contributed by atoms with Gasteiger partial charge in [-0.1, -0.05) is 103 Å². The quantitative estimate of drug-likeness (QED) is 0.146. The monoisotopic (exact) mass is 916 g/mol. The number of hydrogen-bond acceptors (Lipinski definition) is 6. The Balaban J connectivity index is 1.23. The summed E-state index contributed by atoms with van der Waals surface area (Å²) < 4.78 is 4.34. The fourth-order valence-electron chi connectivity index (χ4n) is 9.79. The van der Waals surface area contributed by atoms with Crippen molar-refractivity contribution in [3.63, 3.8) is 0 Å². The first-order valence-electron chi connectivity index (χ1n) is 22.8. The molecule has 3 heterocycles. The van der Waals surface area contributed by atoms with Gasteiger partial charge in [0, 0.05) is 38.6 Å². The summed E-state index contributed by atoms with van der Waals surface area (Å²) in [6.07, 6.45) is 0. The fourth-order valence-corrected chi connectivity index (χ4v) is 9.79. The van der Waals surface area contributed by atoms with Gasteiger partial charge in [-0.25, -0.2) is 24.6 Å². The summed E-state index contributed by atoms with van der Waals surface area (Å²) in [6, 6.07) is 69.0. The Labute approximate surface area is 412 Å². The molecule has 0 atom stereocenters. The molecule has 12 rings (SSSR count). The van der Waals surface area contributed by atoms with Crippen LogP contribution in [0, 0.1) is 47.1 Å². The van der Waals surface area contributed by atoms with E-state index in [2.05, 4.69) is 61.3 Å². The van der Waals surface area contributed by atoms with Crippen molar-refractivity contribution in [3.8, 4) is 86.0 Å². The molecule has 72 heavy (non-hydrogen) atoms. The highest BCUT2D eigenvalue weighted by Crippen LogP contribution is 2.45.